The molecular weight excluding hydrogens is 538 g/mol. The Morgan fingerprint density at radius 1 is 1.02 bits per heavy atom. The highest BCUT2D eigenvalue weighted by Gasteiger charge is 2.43. The van der Waals surface area contributed by atoms with Gasteiger partial charge in [-0.25, -0.2) is 9.78 Å². The molecule has 4 aromatic rings. The average Bonchev–Trinajstić information content (AvgIpc) is 3.40. The molecule has 41 heavy (non-hydrogen) atoms. The standard InChI is InChI=1S/C32H35N3O5S/c1-3-18-32(19-17-22-11-6-5-7-12-22)21-28(36)29(30(37)40-32)25(4-2)23-13-10-14-24(20-23)35-41(38,39)31-33-26-15-8-9-16-27(26)34-31/h5-16,20,25,35-36H,3-4,17-19,21H2,1-2H3,(H,33,34). The summed E-state index contributed by atoms with van der Waals surface area (Å²) in [5.74, 6) is -0.940. The maximum atomic E-state index is 13.5. The lowest BCUT2D eigenvalue weighted by Crippen LogP contribution is -2.41. The molecule has 1 aromatic heterocycles. The van der Waals surface area contributed by atoms with Crippen molar-refractivity contribution in [2.24, 2.45) is 0 Å². The molecule has 1 aliphatic heterocycles. The lowest BCUT2D eigenvalue weighted by Gasteiger charge is -2.38. The molecule has 0 aliphatic carbocycles. The third-order valence-electron chi connectivity index (χ3n) is 7.67. The van der Waals surface area contributed by atoms with Crippen molar-refractivity contribution in [3.05, 3.63) is 101 Å². The summed E-state index contributed by atoms with van der Waals surface area (Å²) in [6, 6.07) is 24.0. The van der Waals surface area contributed by atoms with Crippen molar-refractivity contribution in [2.75, 3.05) is 4.72 Å². The molecule has 0 radical (unpaired) electrons. The normalized spacial score (nSPS) is 18.3. The zero-order valence-corrected chi connectivity index (χ0v) is 24.1. The Kier molecular flexibility index (Phi) is 8.17. The van der Waals surface area contributed by atoms with Gasteiger partial charge in [-0.2, -0.15) is 8.42 Å². The number of benzene rings is 3. The quantitative estimate of drug-likeness (QED) is 0.170. The summed E-state index contributed by atoms with van der Waals surface area (Å²) in [7, 11) is -3.99. The van der Waals surface area contributed by atoms with Crippen LogP contribution in [0, 0.1) is 0 Å². The number of aliphatic hydroxyl groups is 1. The number of aromatic nitrogens is 2. The minimum atomic E-state index is -3.99. The highest BCUT2D eigenvalue weighted by Crippen LogP contribution is 2.42. The van der Waals surface area contributed by atoms with Crippen LogP contribution in [0.1, 0.15) is 63.0 Å². The van der Waals surface area contributed by atoms with E-state index < -0.39 is 27.5 Å². The van der Waals surface area contributed by atoms with E-state index in [9.17, 15) is 18.3 Å². The van der Waals surface area contributed by atoms with Crippen LogP contribution in [0.2, 0.25) is 0 Å². The second-order valence-corrected chi connectivity index (χ2v) is 12.2. The second kappa shape index (κ2) is 11.8. The second-order valence-electron chi connectivity index (χ2n) is 10.6. The van der Waals surface area contributed by atoms with E-state index in [0.29, 0.717) is 41.5 Å². The first-order valence-corrected chi connectivity index (χ1v) is 15.5. The predicted molar refractivity (Wildman–Crippen MR) is 159 cm³/mol. The van der Waals surface area contributed by atoms with Crippen LogP contribution in [0.25, 0.3) is 11.0 Å². The number of hydrogen-bond acceptors (Lipinski definition) is 6. The van der Waals surface area contributed by atoms with Crippen LogP contribution in [0.5, 0.6) is 0 Å². The number of rotatable bonds is 11. The average molecular weight is 574 g/mol. The van der Waals surface area contributed by atoms with Crippen LogP contribution in [0.15, 0.2) is 95.4 Å². The Balaban J connectivity index is 1.39. The molecule has 0 saturated heterocycles. The molecule has 5 rings (SSSR count). The topological polar surface area (TPSA) is 121 Å². The van der Waals surface area contributed by atoms with E-state index >= 15 is 0 Å². The van der Waals surface area contributed by atoms with E-state index in [0.717, 1.165) is 18.4 Å². The zero-order chi connectivity index (χ0) is 29.0. The van der Waals surface area contributed by atoms with Crippen molar-refractivity contribution >= 4 is 32.7 Å². The Bertz CT molecular complexity index is 1650. The maximum Gasteiger partial charge on any atom is 0.338 e. The first-order chi connectivity index (χ1) is 19.7. The SMILES string of the molecule is CCCC1(CCc2ccccc2)CC(O)=C(C(CC)c2cccc(NS(=O)(=O)c3nc4ccccc4[nH]3)c2)C(=O)O1. The van der Waals surface area contributed by atoms with Gasteiger partial charge in [0.1, 0.15) is 11.4 Å². The number of aryl methyl sites for hydroxylation is 1. The van der Waals surface area contributed by atoms with Crippen molar-refractivity contribution in [2.45, 2.75) is 69.0 Å². The number of para-hydroxylation sites is 2. The number of ether oxygens (including phenoxy) is 1. The number of carbonyl (C=O) groups is 1. The number of imidazole rings is 1. The van der Waals surface area contributed by atoms with E-state index in [1.165, 1.54) is 0 Å². The Hall–Kier alpha value is -4.11. The summed E-state index contributed by atoms with van der Waals surface area (Å²) in [6.45, 7) is 3.97. The number of nitrogens with one attached hydrogen (secondary N) is 2. The molecule has 9 heteroatoms. The number of H-pyrrole nitrogens is 1. The van der Waals surface area contributed by atoms with Crippen LogP contribution in [0.4, 0.5) is 5.69 Å². The summed E-state index contributed by atoms with van der Waals surface area (Å²) in [6.07, 6.45) is 3.59. The van der Waals surface area contributed by atoms with E-state index in [-0.39, 0.29) is 22.9 Å². The number of fused-ring (bicyclic) bond motifs is 1. The molecule has 3 N–H and O–H groups in total. The number of aromatic amines is 1. The van der Waals surface area contributed by atoms with Gasteiger partial charge in [0.2, 0.25) is 5.16 Å². The highest BCUT2D eigenvalue weighted by molar-refractivity contribution is 7.92. The van der Waals surface area contributed by atoms with Crippen molar-refractivity contribution < 1.29 is 23.1 Å². The van der Waals surface area contributed by atoms with Gasteiger partial charge >= 0.3 is 5.97 Å². The molecule has 0 saturated carbocycles. The zero-order valence-electron chi connectivity index (χ0n) is 23.3. The number of carbonyl (C=O) groups excluding carboxylic acids is 1. The van der Waals surface area contributed by atoms with E-state index in [2.05, 4.69) is 14.7 Å². The van der Waals surface area contributed by atoms with E-state index in [4.69, 9.17) is 4.74 Å². The first kappa shape index (κ1) is 28.4. The number of anilines is 1. The van der Waals surface area contributed by atoms with Crippen molar-refractivity contribution in [1.82, 2.24) is 9.97 Å². The van der Waals surface area contributed by atoms with Crippen LogP contribution in [-0.4, -0.2) is 35.1 Å². The van der Waals surface area contributed by atoms with E-state index in [1.54, 1.807) is 42.5 Å². The molecule has 8 nitrogen and oxygen atoms in total. The number of sulfonamides is 1. The van der Waals surface area contributed by atoms with Crippen molar-refractivity contribution in [3.63, 3.8) is 0 Å². The molecule has 3 aromatic carbocycles. The fraction of sp³-hybridized carbons (Fsp3) is 0.312. The van der Waals surface area contributed by atoms with E-state index in [1.807, 2.05) is 50.2 Å². The van der Waals surface area contributed by atoms with Gasteiger partial charge in [-0.3, -0.25) is 4.72 Å². The number of nitrogens with zero attached hydrogens (tertiary/aromatic N) is 1. The summed E-state index contributed by atoms with van der Waals surface area (Å²) >= 11 is 0. The minimum absolute atomic E-state index is 0.0443. The minimum Gasteiger partial charge on any atom is -0.512 e. The number of hydrogen-bond donors (Lipinski definition) is 3. The summed E-state index contributed by atoms with van der Waals surface area (Å²) in [4.78, 5) is 20.5. The summed E-state index contributed by atoms with van der Waals surface area (Å²) in [5.41, 5.74) is 2.81. The largest absolute Gasteiger partial charge is 0.512 e. The van der Waals surface area contributed by atoms with Crippen LogP contribution in [0.3, 0.4) is 0 Å². The molecule has 0 amide bonds. The third kappa shape index (κ3) is 6.15. The van der Waals surface area contributed by atoms with Gasteiger partial charge < -0.3 is 14.8 Å². The first-order valence-electron chi connectivity index (χ1n) is 14.0. The fourth-order valence-electron chi connectivity index (χ4n) is 5.71. The summed E-state index contributed by atoms with van der Waals surface area (Å²) in [5, 5.41) is 11.1. The third-order valence-corrected chi connectivity index (χ3v) is 8.87. The predicted octanol–water partition coefficient (Wildman–Crippen LogP) is 6.79. The molecule has 0 bridgehead atoms. The van der Waals surface area contributed by atoms with Gasteiger partial charge in [-0.1, -0.05) is 74.9 Å². The molecule has 2 unspecified atom stereocenters. The van der Waals surface area contributed by atoms with Crippen LogP contribution in [-0.2, 0) is 26.0 Å². The monoisotopic (exact) mass is 573 g/mol. The number of esters is 1. The fourth-order valence-corrected chi connectivity index (χ4v) is 6.71. The molecule has 2 atom stereocenters. The Labute approximate surface area is 240 Å². The smallest absolute Gasteiger partial charge is 0.338 e. The van der Waals surface area contributed by atoms with Crippen molar-refractivity contribution in [3.8, 4) is 0 Å². The maximum absolute atomic E-state index is 13.5. The number of cyclic esters (lactones) is 1. The van der Waals surface area contributed by atoms with Gasteiger partial charge in [0, 0.05) is 18.0 Å². The molecule has 2 heterocycles. The Morgan fingerprint density at radius 3 is 2.49 bits per heavy atom. The molecular formula is C32H35N3O5S. The van der Waals surface area contributed by atoms with Gasteiger partial charge in [-0.05, 0) is 61.1 Å². The molecule has 214 valence electrons. The van der Waals surface area contributed by atoms with Gasteiger partial charge in [0.15, 0.2) is 0 Å². The number of aliphatic hydroxyl groups excluding tert-OH is 1. The Morgan fingerprint density at radius 2 is 1.78 bits per heavy atom. The molecule has 0 fully saturated rings. The molecule has 1 aliphatic rings. The van der Waals surface area contributed by atoms with Gasteiger partial charge in [0.25, 0.3) is 10.0 Å². The highest BCUT2D eigenvalue weighted by atomic mass is 32.2. The lowest BCUT2D eigenvalue weighted by molar-refractivity contribution is -0.161. The lowest BCUT2D eigenvalue weighted by atomic mass is 9.80. The van der Waals surface area contributed by atoms with Crippen LogP contribution >= 0.6 is 0 Å². The van der Waals surface area contributed by atoms with Crippen molar-refractivity contribution in [1.29, 1.82) is 0 Å². The summed E-state index contributed by atoms with van der Waals surface area (Å²) < 4.78 is 34.9. The van der Waals surface area contributed by atoms with Gasteiger partial charge in [-0.15, -0.1) is 0 Å². The van der Waals surface area contributed by atoms with Crippen LogP contribution < -0.4 is 4.72 Å². The molecule has 0 spiro atoms. The van der Waals surface area contributed by atoms with Gasteiger partial charge in [0.05, 0.1) is 16.6 Å².